The Labute approximate surface area is 278 Å². The summed E-state index contributed by atoms with van der Waals surface area (Å²) in [6.07, 6.45) is 14.4. The maximum absolute atomic E-state index is 3.47. The van der Waals surface area contributed by atoms with Crippen LogP contribution in [0.15, 0.2) is 134 Å². The number of aromatic nitrogens is 1. The number of aryl methyl sites for hydroxylation is 4. The van der Waals surface area contributed by atoms with Gasteiger partial charge in [-0.15, -0.1) is 0 Å². The van der Waals surface area contributed by atoms with Crippen molar-refractivity contribution in [3.63, 3.8) is 0 Å². The summed E-state index contributed by atoms with van der Waals surface area (Å²) in [6, 6.07) is 43.4. The Morgan fingerprint density at radius 3 is 1.42 bits per heavy atom. The summed E-state index contributed by atoms with van der Waals surface area (Å²) in [6.45, 7) is 3.27. The summed E-state index contributed by atoms with van der Waals surface area (Å²) < 4.78 is 2.30. The van der Waals surface area contributed by atoms with Crippen LogP contribution in [0.25, 0.3) is 22.3 Å². The van der Waals surface area contributed by atoms with Crippen LogP contribution in [0.5, 0.6) is 0 Å². The van der Waals surface area contributed by atoms with Gasteiger partial charge in [-0.1, -0.05) is 132 Å². The van der Waals surface area contributed by atoms with E-state index in [1.807, 2.05) is 0 Å². The van der Waals surface area contributed by atoms with Gasteiger partial charge in [0.25, 0.3) is 0 Å². The van der Waals surface area contributed by atoms with Crippen molar-refractivity contribution < 1.29 is 21.5 Å². The lowest BCUT2D eigenvalue weighted by atomic mass is 10.0. The quantitative estimate of drug-likeness (QED) is 0.0671. The summed E-state index contributed by atoms with van der Waals surface area (Å²) in [5.41, 5.74) is 9.41. The molecule has 0 fully saturated rings. The van der Waals surface area contributed by atoms with Crippen LogP contribution in [-0.2, 0) is 19.4 Å². The van der Waals surface area contributed by atoms with Crippen LogP contribution >= 0.6 is 15.9 Å². The highest BCUT2D eigenvalue weighted by atomic mass is 79.9. The SMILES string of the molecule is BrCCCCCc1ccc(-c2ccccc2)cc1.Cc1ccc[n+](CCCCCc2ccc(-c3ccccc3)cc2)c1.[Br-]. The Bertz CT molecular complexity index is 1420. The summed E-state index contributed by atoms with van der Waals surface area (Å²) in [7, 11) is 0. The van der Waals surface area contributed by atoms with Gasteiger partial charge in [-0.2, -0.15) is 0 Å². The summed E-state index contributed by atoms with van der Waals surface area (Å²) in [4.78, 5) is 0. The van der Waals surface area contributed by atoms with Crippen molar-refractivity contribution in [2.24, 2.45) is 0 Å². The third-order valence-electron chi connectivity index (χ3n) is 7.61. The number of halogens is 2. The molecule has 224 valence electrons. The molecule has 0 amide bonds. The average Bonchev–Trinajstić information content (AvgIpc) is 3.05. The normalized spacial score (nSPS) is 10.4. The highest BCUT2D eigenvalue weighted by Gasteiger charge is 2.02. The van der Waals surface area contributed by atoms with Crippen molar-refractivity contribution in [1.29, 1.82) is 0 Å². The molecule has 1 aromatic heterocycles. The number of hydrogen-bond donors (Lipinski definition) is 0. The number of hydrogen-bond acceptors (Lipinski definition) is 0. The first-order valence-corrected chi connectivity index (χ1v) is 16.6. The minimum Gasteiger partial charge on any atom is -1.00 e. The summed E-state index contributed by atoms with van der Waals surface area (Å²) in [5.74, 6) is 0. The van der Waals surface area contributed by atoms with Gasteiger partial charge in [-0.25, -0.2) is 4.57 Å². The first-order chi connectivity index (χ1) is 20.7. The molecule has 43 heavy (non-hydrogen) atoms. The van der Waals surface area contributed by atoms with E-state index in [9.17, 15) is 0 Å². The van der Waals surface area contributed by atoms with Crippen LogP contribution in [0.2, 0.25) is 0 Å². The zero-order valence-corrected chi connectivity index (χ0v) is 28.6. The summed E-state index contributed by atoms with van der Waals surface area (Å²) >= 11 is 3.47. The van der Waals surface area contributed by atoms with E-state index in [2.05, 4.69) is 161 Å². The maximum Gasteiger partial charge on any atom is 0.171 e. The Kier molecular flexibility index (Phi) is 16.1. The minimum absolute atomic E-state index is 0. The topological polar surface area (TPSA) is 3.88 Å². The first kappa shape index (κ1) is 34.5. The van der Waals surface area contributed by atoms with Crippen LogP contribution in [0, 0.1) is 6.92 Å². The zero-order valence-electron chi connectivity index (χ0n) is 25.5. The monoisotopic (exact) mass is 697 g/mol. The van der Waals surface area contributed by atoms with Crippen molar-refractivity contribution in [2.45, 2.75) is 64.8 Å². The fourth-order valence-corrected chi connectivity index (χ4v) is 5.58. The van der Waals surface area contributed by atoms with Crippen LogP contribution in [0.3, 0.4) is 0 Å². The van der Waals surface area contributed by atoms with Gasteiger partial charge >= 0.3 is 0 Å². The minimum atomic E-state index is 0. The van der Waals surface area contributed by atoms with Gasteiger partial charge in [0.2, 0.25) is 0 Å². The maximum atomic E-state index is 3.47. The second-order valence-electron chi connectivity index (χ2n) is 11.1. The lowest BCUT2D eigenvalue weighted by molar-refractivity contribution is -0.697. The van der Waals surface area contributed by atoms with E-state index in [-0.39, 0.29) is 17.0 Å². The van der Waals surface area contributed by atoms with Crippen LogP contribution < -0.4 is 21.5 Å². The Hall–Kier alpha value is -3.01. The molecule has 0 aliphatic rings. The van der Waals surface area contributed by atoms with Gasteiger partial charge < -0.3 is 17.0 Å². The molecule has 0 atom stereocenters. The number of unbranched alkanes of at least 4 members (excludes halogenated alkanes) is 4. The molecular formula is C40H45Br2N. The van der Waals surface area contributed by atoms with Gasteiger partial charge in [0.15, 0.2) is 12.4 Å². The molecule has 5 rings (SSSR count). The molecule has 0 saturated heterocycles. The van der Waals surface area contributed by atoms with E-state index in [1.165, 1.54) is 90.3 Å². The van der Waals surface area contributed by atoms with Gasteiger partial charge in [0, 0.05) is 23.4 Å². The molecule has 0 bridgehead atoms. The highest BCUT2D eigenvalue weighted by molar-refractivity contribution is 9.09. The predicted octanol–water partition coefficient (Wildman–Crippen LogP) is 7.83. The summed E-state index contributed by atoms with van der Waals surface area (Å²) in [5, 5.41) is 1.12. The van der Waals surface area contributed by atoms with Crippen molar-refractivity contribution in [3.05, 3.63) is 150 Å². The van der Waals surface area contributed by atoms with E-state index >= 15 is 0 Å². The third kappa shape index (κ3) is 12.6. The molecule has 4 aromatic carbocycles. The van der Waals surface area contributed by atoms with Crippen molar-refractivity contribution in [2.75, 3.05) is 5.33 Å². The fraction of sp³-hybridized carbons (Fsp3) is 0.275. The second-order valence-corrected chi connectivity index (χ2v) is 11.8. The van der Waals surface area contributed by atoms with Crippen molar-refractivity contribution in [1.82, 2.24) is 0 Å². The predicted molar refractivity (Wildman–Crippen MR) is 184 cm³/mol. The molecule has 0 aliphatic heterocycles. The lowest BCUT2D eigenvalue weighted by Gasteiger charge is -2.05. The molecule has 0 radical (unpaired) electrons. The number of alkyl halides is 1. The molecular weight excluding hydrogens is 654 g/mol. The van der Waals surface area contributed by atoms with Gasteiger partial charge in [0.1, 0.15) is 6.54 Å². The first-order valence-electron chi connectivity index (χ1n) is 15.5. The second kappa shape index (κ2) is 20.0. The molecule has 0 unspecified atom stereocenters. The largest absolute Gasteiger partial charge is 1.00 e. The Morgan fingerprint density at radius 2 is 0.953 bits per heavy atom. The molecule has 0 aliphatic carbocycles. The molecule has 0 N–H and O–H groups in total. The fourth-order valence-electron chi connectivity index (χ4n) is 5.18. The molecule has 5 aromatic rings. The van der Waals surface area contributed by atoms with E-state index < -0.39 is 0 Å². The van der Waals surface area contributed by atoms with E-state index in [1.54, 1.807) is 0 Å². The number of nitrogens with zero attached hydrogens (tertiary/aromatic N) is 1. The van der Waals surface area contributed by atoms with Crippen molar-refractivity contribution >= 4 is 15.9 Å². The van der Waals surface area contributed by atoms with Gasteiger partial charge in [-0.3, -0.25) is 0 Å². The average molecular weight is 700 g/mol. The molecule has 1 heterocycles. The van der Waals surface area contributed by atoms with Crippen LogP contribution in [0.1, 0.15) is 55.2 Å². The number of rotatable bonds is 13. The number of pyridine rings is 1. The molecule has 0 saturated carbocycles. The van der Waals surface area contributed by atoms with Crippen LogP contribution in [-0.4, -0.2) is 5.33 Å². The van der Waals surface area contributed by atoms with Crippen molar-refractivity contribution in [3.8, 4) is 22.3 Å². The Balaban J connectivity index is 0.000000239. The zero-order chi connectivity index (χ0) is 29.2. The third-order valence-corrected chi connectivity index (χ3v) is 8.17. The molecule has 0 spiro atoms. The smallest absolute Gasteiger partial charge is 0.171 e. The molecule has 3 heteroatoms. The van der Waals surface area contributed by atoms with Gasteiger partial charge in [-0.05, 0) is 84.9 Å². The lowest BCUT2D eigenvalue weighted by Crippen LogP contribution is -3.00. The highest BCUT2D eigenvalue weighted by Crippen LogP contribution is 2.21. The van der Waals surface area contributed by atoms with Gasteiger partial charge in [0.05, 0.1) is 0 Å². The van der Waals surface area contributed by atoms with Crippen LogP contribution in [0.4, 0.5) is 0 Å². The molecule has 1 nitrogen and oxygen atoms in total. The van der Waals surface area contributed by atoms with E-state index in [0.717, 1.165) is 11.9 Å². The Morgan fingerprint density at radius 1 is 0.488 bits per heavy atom. The van der Waals surface area contributed by atoms with E-state index in [0.29, 0.717) is 0 Å². The van der Waals surface area contributed by atoms with E-state index in [4.69, 9.17) is 0 Å². The standard InChI is InChI=1S/C23H26N.C17H19Br.BrH/c1-20-9-8-18-24(19-20)17-7-3-4-10-21-13-15-23(16-14-21)22-11-5-2-6-12-22;18-14-6-2-3-7-15-10-12-17(13-11-15)16-8-4-1-5-9-16;/h2,5-6,8-9,11-16,18-19H,3-4,7,10,17H2,1H3;1,4-5,8-13H,2-3,6-7,14H2;1H/q+1;;/p-1. The number of benzene rings is 4.